The molecule has 0 bridgehead atoms. The highest BCUT2D eigenvalue weighted by atomic mass is 28.4. The fraction of sp³-hybridized carbons (Fsp3) is 0.667. The highest BCUT2D eigenvalue weighted by Crippen LogP contribution is 2.42. The molecule has 2 fully saturated rings. The van der Waals surface area contributed by atoms with Crippen molar-refractivity contribution in [3.05, 3.63) is 35.4 Å². The lowest BCUT2D eigenvalue weighted by atomic mass is 9.93. The van der Waals surface area contributed by atoms with Crippen molar-refractivity contribution >= 4 is 14.3 Å². The molecule has 2 saturated heterocycles. The third kappa shape index (κ3) is 5.75. The zero-order valence-electron chi connectivity index (χ0n) is 21.7. The van der Waals surface area contributed by atoms with Crippen molar-refractivity contribution in [2.45, 2.75) is 96.3 Å². The topological polar surface area (TPSA) is 74.0 Å². The number of nitrogens with two attached hydrogens (primary N) is 1. The molecular formula is C27H42N2O4Si. The Morgan fingerprint density at radius 1 is 1.24 bits per heavy atom. The molecule has 0 saturated carbocycles. The van der Waals surface area contributed by atoms with Gasteiger partial charge >= 0.3 is 5.97 Å². The summed E-state index contributed by atoms with van der Waals surface area (Å²) < 4.78 is 12.5. The van der Waals surface area contributed by atoms with Crippen molar-refractivity contribution in [3.8, 4) is 11.8 Å². The minimum absolute atomic E-state index is 0.0371. The Morgan fingerprint density at radius 2 is 1.97 bits per heavy atom. The standard InChI is InChI=1S/C27H42N2O4Si/c1-7-8-15-34(19(2)3,20(4)5)31-18-24-25-21(6)32-27(30)26(25)29(33-24)17-23-12-9-11-22(16-23)13-10-14-28/h9,11-12,16,19-21,24-26H,7-8,14-15,17-18,28H2,1-6H3/t21-,24-,25+,26-/m1/s1. The van der Waals surface area contributed by atoms with E-state index in [0.717, 1.165) is 17.2 Å². The Bertz CT molecular complexity index is 886. The second-order valence-electron chi connectivity index (χ2n) is 10.3. The number of unbranched alkanes of at least 4 members (excludes halogenated alkanes) is 1. The van der Waals surface area contributed by atoms with Gasteiger partial charge in [0.25, 0.3) is 0 Å². The number of fused-ring (bicyclic) bond motifs is 1. The van der Waals surface area contributed by atoms with Crippen molar-refractivity contribution < 1.29 is 18.8 Å². The van der Waals surface area contributed by atoms with Crippen LogP contribution in [0.15, 0.2) is 24.3 Å². The van der Waals surface area contributed by atoms with Crippen molar-refractivity contribution in [1.29, 1.82) is 0 Å². The first-order chi connectivity index (χ1) is 16.2. The quantitative estimate of drug-likeness (QED) is 0.295. The first-order valence-electron chi connectivity index (χ1n) is 12.8. The minimum Gasteiger partial charge on any atom is -0.461 e. The number of hydroxylamine groups is 2. The summed E-state index contributed by atoms with van der Waals surface area (Å²) in [6, 6.07) is 8.73. The monoisotopic (exact) mass is 486 g/mol. The molecule has 2 aliphatic rings. The van der Waals surface area contributed by atoms with Crippen molar-refractivity contribution in [2.75, 3.05) is 13.2 Å². The van der Waals surface area contributed by atoms with Crippen molar-refractivity contribution in [2.24, 2.45) is 11.7 Å². The summed E-state index contributed by atoms with van der Waals surface area (Å²) >= 11 is 0. The number of hydrogen-bond acceptors (Lipinski definition) is 6. The molecule has 0 amide bonds. The maximum atomic E-state index is 12.8. The van der Waals surface area contributed by atoms with E-state index in [4.69, 9.17) is 19.7 Å². The summed E-state index contributed by atoms with van der Waals surface area (Å²) in [7, 11) is -1.99. The summed E-state index contributed by atoms with van der Waals surface area (Å²) in [6.07, 6.45) is 1.97. The zero-order valence-corrected chi connectivity index (χ0v) is 22.7. The lowest BCUT2D eigenvalue weighted by Gasteiger charge is -2.40. The van der Waals surface area contributed by atoms with Crippen LogP contribution in [-0.2, 0) is 25.3 Å². The molecule has 3 rings (SSSR count). The normalized spacial score (nSPS) is 24.9. The summed E-state index contributed by atoms with van der Waals surface area (Å²) in [5.74, 6) is 5.72. The molecule has 1 aromatic carbocycles. The van der Waals surface area contributed by atoms with Gasteiger partial charge in [-0.25, -0.2) is 0 Å². The lowest BCUT2D eigenvalue weighted by molar-refractivity contribution is -0.195. The van der Waals surface area contributed by atoms with E-state index >= 15 is 0 Å². The maximum absolute atomic E-state index is 12.8. The molecular weight excluding hydrogens is 444 g/mol. The van der Waals surface area contributed by atoms with Gasteiger partial charge in [0.2, 0.25) is 0 Å². The number of rotatable bonds is 10. The lowest BCUT2D eigenvalue weighted by Crippen LogP contribution is -2.47. The third-order valence-electron chi connectivity index (χ3n) is 7.45. The number of nitrogens with zero attached hydrogens (tertiary/aromatic N) is 1. The number of ether oxygens (including phenoxy) is 1. The minimum atomic E-state index is -1.99. The van der Waals surface area contributed by atoms with Crippen LogP contribution in [0.2, 0.25) is 17.1 Å². The average Bonchev–Trinajstić information content (AvgIpc) is 3.30. The van der Waals surface area contributed by atoms with Crippen LogP contribution >= 0.6 is 0 Å². The Hall–Kier alpha value is -1.69. The van der Waals surface area contributed by atoms with Gasteiger partial charge in [0.15, 0.2) is 8.32 Å². The van der Waals surface area contributed by atoms with E-state index in [9.17, 15) is 4.79 Å². The Morgan fingerprint density at radius 3 is 2.62 bits per heavy atom. The second-order valence-corrected chi connectivity index (χ2v) is 15.3. The SMILES string of the molecule is CCCC[Si](OC[C@H]1ON(Cc2cccc(C#CCN)c2)[C@H]2C(=O)O[C@H](C)[C@@H]12)(C(C)C)C(C)C. The molecule has 0 aliphatic carbocycles. The van der Waals surface area contributed by atoms with E-state index in [1.165, 1.54) is 12.8 Å². The average molecular weight is 487 g/mol. The van der Waals surface area contributed by atoms with Gasteiger partial charge in [-0.15, -0.1) is 0 Å². The Labute approximate surface area is 206 Å². The number of carbonyl (C=O) groups is 1. The van der Waals surface area contributed by atoms with Gasteiger partial charge in [0, 0.05) is 5.56 Å². The van der Waals surface area contributed by atoms with Crippen LogP contribution in [0, 0.1) is 17.8 Å². The van der Waals surface area contributed by atoms with Gasteiger partial charge in [-0.3, -0.25) is 9.63 Å². The van der Waals surface area contributed by atoms with Crippen LogP contribution in [0.25, 0.3) is 0 Å². The van der Waals surface area contributed by atoms with Crippen LogP contribution in [0.1, 0.15) is 65.5 Å². The third-order valence-corrected chi connectivity index (χ3v) is 13.2. The van der Waals surface area contributed by atoms with Gasteiger partial charge in [0.1, 0.15) is 18.2 Å². The fourth-order valence-corrected chi connectivity index (χ4v) is 10.2. The van der Waals surface area contributed by atoms with E-state index in [1.54, 1.807) is 5.06 Å². The highest BCUT2D eigenvalue weighted by Gasteiger charge is 2.57. The van der Waals surface area contributed by atoms with Crippen LogP contribution in [0.4, 0.5) is 0 Å². The molecule has 0 radical (unpaired) electrons. The molecule has 2 aliphatic heterocycles. The van der Waals surface area contributed by atoms with Gasteiger partial charge < -0.3 is 14.9 Å². The molecule has 1 aromatic rings. The number of cyclic esters (lactones) is 1. The van der Waals surface area contributed by atoms with E-state index in [2.05, 4.69) is 46.5 Å². The molecule has 4 atom stereocenters. The molecule has 2 N–H and O–H groups in total. The summed E-state index contributed by atoms with van der Waals surface area (Å²) in [4.78, 5) is 19.2. The molecule has 0 unspecified atom stereocenters. The number of esters is 1. The van der Waals surface area contributed by atoms with Crippen molar-refractivity contribution in [3.63, 3.8) is 0 Å². The van der Waals surface area contributed by atoms with Gasteiger partial charge in [-0.05, 0) is 41.7 Å². The second kappa shape index (κ2) is 11.8. The summed E-state index contributed by atoms with van der Waals surface area (Å²) in [5.41, 5.74) is 8.48. The number of carbonyl (C=O) groups excluding carboxylic acids is 1. The number of hydrogen-bond donors (Lipinski definition) is 1. The van der Waals surface area contributed by atoms with E-state index in [-0.39, 0.29) is 24.1 Å². The van der Waals surface area contributed by atoms with Crippen LogP contribution < -0.4 is 5.73 Å². The van der Waals surface area contributed by atoms with E-state index < -0.39 is 14.4 Å². The van der Waals surface area contributed by atoms with Crippen molar-refractivity contribution in [1.82, 2.24) is 5.06 Å². The summed E-state index contributed by atoms with van der Waals surface area (Å²) in [5, 5.41) is 1.81. The van der Waals surface area contributed by atoms with Crippen LogP contribution in [-0.4, -0.2) is 50.8 Å². The van der Waals surface area contributed by atoms with Crippen LogP contribution in [0.3, 0.4) is 0 Å². The molecule has 2 heterocycles. The molecule has 7 heteroatoms. The van der Waals surface area contributed by atoms with E-state index in [0.29, 0.717) is 30.8 Å². The molecule has 34 heavy (non-hydrogen) atoms. The predicted molar refractivity (Wildman–Crippen MR) is 137 cm³/mol. The smallest absolute Gasteiger partial charge is 0.326 e. The molecule has 6 nitrogen and oxygen atoms in total. The zero-order chi connectivity index (χ0) is 24.9. The van der Waals surface area contributed by atoms with Crippen LogP contribution in [0.5, 0.6) is 0 Å². The number of benzene rings is 1. The first-order valence-corrected chi connectivity index (χ1v) is 15.1. The molecule has 188 valence electrons. The van der Waals surface area contributed by atoms with Gasteiger partial charge in [-0.2, -0.15) is 5.06 Å². The predicted octanol–water partition coefficient (Wildman–Crippen LogP) is 4.62. The Kier molecular flexibility index (Phi) is 9.36. The largest absolute Gasteiger partial charge is 0.461 e. The molecule has 0 spiro atoms. The Balaban J connectivity index is 1.78. The van der Waals surface area contributed by atoms with E-state index in [1.807, 2.05) is 31.2 Å². The van der Waals surface area contributed by atoms with Gasteiger partial charge in [-0.1, -0.05) is 71.4 Å². The van der Waals surface area contributed by atoms with Gasteiger partial charge in [0.05, 0.1) is 25.6 Å². The molecule has 0 aromatic heterocycles. The first kappa shape index (κ1) is 26.9. The fourth-order valence-electron chi connectivity index (χ4n) is 5.57. The summed E-state index contributed by atoms with van der Waals surface area (Å²) in [6.45, 7) is 14.7. The highest BCUT2D eigenvalue weighted by molar-refractivity contribution is 6.76. The maximum Gasteiger partial charge on any atom is 0.326 e.